The van der Waals surface area contributed by atoms with E-state index in [4.69, 9.17) is 0 Å². The lowest BCUT2D eigenvalue weighted by Crippen LogP contribution is -2.49. The van der Waals surface area contributed by atoms with Crippen LogP contribution in [0.25, 0.3) is 0 Å². The minimum atomic E-state index is -0.133. The number of amides is 1. The topological polar surface area (TPSA) is 44.4 Å². The van der Waals surface area contributed by atoms with Gasteiger partial charge in [0.25, 0.3) is 0 Å². The molecule has 0 aromatic heterocycles. The molecule has 0 radical (unpaired) electrons. The number of fused-ring (bicyclic) bond motifs is 1. The standard InChI is InChI=1S/C14H25N3O/c1-2-14(6-7-15-10-14)13(18)16-11-5-9-17-8-3-4-12(11)17/h11-12,15H,2-10H2,1H3,(H,16,18). The molecule has 1 amide bonds. The predicted molar refractivity (Wildman–Crippen MR) is 71.4 cm³/mol. The average Bonchev–Trinajstić information content (AvgIpc) is 3.06. The van der Waals surface area contributed by atoms with E-state index in [2.05, 4.69) is 22.5 Å². The van der Waals surface area contributed by atoms with Gasteiger partial charge in [0.1, 0.15) is 0 Å². The fourth-order valence-electron chi connectivity index (χ4n) is 3.97. The Bertz CT molecular complexity index is 325. The monoisotopic (exact) mass is 251 g/mol. The fourth-order valence-corrected chi connectivity index (χ4v) is 3.97. The molecule has 3 unspecified atom stereocenters. The van der Waals surface area contributed by atoms with Crippen LogP contribution < -0.4 is 10.6 Å². The van der Waals surface area contributed by atoms with Gasteiger partial charge in [0, 0.05) is 25.2 Å². The maximum Gasteiger partial charge on any atom is 0.227 e. The van der Waals surface area contributed by atoms with Crippen molar-refractivity contribution in [2.45, 2.75) is 51.1 Å². The van der Waals surface area contributed by atoms with Gasteiger partial charge >= 0.3 is 0 Å². The van der Waals surface area contributed by atoms with Crippen molar-refractivity contribution in [2.75, 3.05) is 26.2 Å². The van der Waals surface area contributed by atoms with E-state index < -0.39 is 0 Å². The van der Waals surface area contributed by atoms with Crippen molar-refractivity contribution in [1.82, 2.24) is 15.5 Å². The molecule has 0 bridgehead atoms. The summed E-state index contributed by atoms with van der Waals surface area (Å²) < 4.78 is 0. The van der Waals surface area contributed by atoms with Crippen LogP contribution in [0, 0.1) is 5.41 Å². The fraction of sp³-hybridized carbons (Fsp3) is 0.929. The summed E-state index contributed by atoms with van der Waals surface area (Å²) in [5, 5.41) is 6.71. The Morgan fingerprint density at radius 2 is 2.33 bits per heavy atom. The van der Waals surface area contributed by atoms with Crippen molar-refractivity contribution < 1.29 is 4.79 Å². The summed E-state index contributed by atoms with van der Waals surface area (Å²) >= 11 is 0. The maximum absolute atomic E-state index is 12.6. The predicted octanol–water partition coefficient (Wildman–Crippen LogP) is 0.729. The molecular weight excluding hydrogens is 226 g/mol. The number of nitrogens with one attached hydrogen (secondary N) is 2. The average molecular weight is 251 g/mol. The molecule has 4 heteroatoms. The van der Waals surface area contributed by atoms with E-state index in [-0.39, 0.29) is 5.41 Å². The van der Waals surface area contributed by atoms with Crippen LogP contribution in [0.15, 0.2) is 0 Å². The molecule has 3 atom stereocenters. The molecule has 3 saturated heterocycles. The third kappa shape index (κ3) is 1.95. The summed E-state index contributed by atoms with van der Waals surface area (Å²) in [7, 11) is 0. The second kappa shape index (κ2) is 4.82. The van der Waals surface area contributed by atoms with Gasteiger partial charge in [-0.2, -0.15) is 0 Å². The molecule has 0 aromatic rings. The molecule has 0 spiro atoms. The first-order valence-electron chi connectivity index (χ1n) is 7.51. The van der Waals surface area contributed by atoms with Crippen molar-refractivity contribution in [2.24, 2.45) is 5.41 Å². The molecule has 3 fully saturated rings. The number of carbonyl (C=O) groups is 1. The van der Waals surface area contributed by atoms with Gasteiger partial charge < -0.3 is 10.6 Å². The minimum Gasteiger partial charge on any atom is -0.351 e. The van der Waals surface area contributed by atoms with Crippen LogP contribution in [0.2, 0.25) is 0 Å². The Labute approximate surface area is 109 Å². The summed E-state index contributed by atoms with van der Waals surface area (Å²) in [6.45, 7) is 6.39. The maximum atomic E-state index is 12.6. The van der Waals surface area contributed by atoms with Crippen molar-refractivity contribution in [3.05, 3.63) is 0 Å². The molecule has 3 aliphatic rings. The van der Waals surface area contributed by atoms with Crippen LogP contribution in [-0.4, -0.2) is 49.1 Å². The Kier molecular flexibility index (Phi) is 3.32. The van der Waals surface area contributed by atoms with Gasteiger partial charge in [-0.1, -0.05) is 6.92 Å². The zero-order valence-electron chi connectivity index (χ0n) is 11.4. The lowest BCUT2D eigenvalue weighted by atomic mass is 9.83. The van der Waals surface area contributed by atoms with Crippen molar-refractivity contribution in [3.8, 4) is 0 Å². The lowest BCUT2D eigenvalue weighted by Gasteiger charge is -2.29. The van der Waals surface area contributed by atoms with Gasteiger partial charge in [0.05, 0.1) is 5.41 Å². The van der Waals surface area contributed by atoms with Gasteiger partial charge in [-0.3, -0.25) is 9.69 Å². The normalized spacial score (nSPS) is 40.1. The summed E-state index contributed by atoms with van der Waals surface area (Å²) in [4.78, 5) is 15.1. The number of rotatable bonds is 3. The van der Waals surface area contributed by atoms with Crippen LogP contribution in [0.3, 0.4) is 0 Å². The van der Waals surface area contributed by atoms with E-state index in [1.165, 1.54) is 25.9 Å². The van der Waals surface area contributed by atoms with Crippen molar-refractivity contribution in [3.63, 3.8) is 0 Å². The summed E-state index contributed by atoms with van der Waals surface area (Å²) in [5.41, 5.74) is -0.133. The highest BCUT2D eigenvalue weighted by molar-refractivity contribution is 5.83. The second-order valence-electron chi connectivity index (χ2n) is 6.17. The molecule has 4 nitrogen and oxygen atoms in total. The summed E-state index contributed by atoms with van der Waals surface area (Å²) in [6.07, 6.45) is 5.66. The van der Waals surface area contributed by atoms with E-state index in [1.807, 2.05) is 0 Å². The van der Waals surface area contributed by atoms with Crippen LogP contribution in [0.1, 0.15) is 39.0 Å². The molecule has 102 valence electrons. The zero-order chi connectivity index (χ0) is 12.6. The Hall–Kier alpha value is -0.610. The van der Waals surface area contributed by atoms with Gasteiger partial charge in [-0.05, 0) is 45.2 Å². The molecule has 0 aromatic carbocycles. The van der Waals surface area contributed by atoms with E-state index in [1.54, 1.807) is 0 Å². The highest BCUT2D eigenvalue weighted by Gasteiger charge is 2.43. The molecule has 2 N–H and O–H groups in total. The smallest absolute Gasteiger partial charge is 0.227 e. The third-order valence-electron chi connectivity index (χ3n) is 5.32. The number of carbonyl (C=O) groups excluding carboxylic acids is 1. The Morgan fingerprint density at radius 3 is 3.06 bits per heavy atom. The van der Waals surface area contributed by atoms with E-state index in [0.717, 1.165) is 32.4 Å². The van der Waals surface area contributed by atoms with Crippen LogP contribution in [-0.2, 0) is 4.79 Å². The molecule has 3 rings (SSSR count). The minimum absolute atomic E-state index is 0.133. The van der Waals surface area contributed by atoms with Crippen molar-refractivity contribution >= 4 is 5.91 Å². The van der Waals surface area contributed by atoms with Crippen LogP contribution >= 0.6 is 0 Å². The quantitative estimate of drug-likeness (QED) is 0.777. The SMILES string of the molecule is CCC1(C(=O)NC2CCN3CCCC23)CCNC1. The molecule has 0 saturated carbocycles. The lowest BCUT2D eigenvalue weighted by molar-refractivity contribution is -0.131. The largest absolute Gasteiger partial charge is 0.351 e. The van der Waals surface area contributed by atoms with Gasteiger partial charge in [-0.15, -0.1) is 0 Å². The first-order valence-corrected chi connectivity index (χ1v) is 7.51. The molecule has 3 aliphatic heterocycles. The molecule has 18 heavy (non-hydrogen) atoms. The van der Waals surface area contributed by atoms with Crippen LogP contribution in [0.5, 0.6) is 0 Å². The number of hydrogen-bond acceptors (Lipinski definition) is 3. The van der Waals surface area contributed by atoms with Gasteiger partial charge in [-0.25, -0.2) is 0 Å². The Morgan fingerprint density at radius 1 is 1.44 bits per heavy atom. The molecular formula is C14H25N3O. The number of nitrogens with zero attached hydrogens (tertiary/aromatic N) is 1. The second-order valence-corrected chi connectivity index (χ2v) is 6.17. The van der Waals surface area contributed by atoms with E-state index in [0.29, 0.717) is 18.0 Å². The highest BCUT2D eigenvalue weighted by Crippen LogP contribution is 2.32. The third-order valence-corrected chi connectivity index (χ3v) is 5.32. The Balaban J connectivity index is 1.63. The van der Waals surface area contributed by atoms with Gasteiger partial charge in [0.2, 0.25) is 5.91 Å². The van der Waals surface area contributed by atoms with Crippen molar-refractivity contribution in [1.29, 1.82) is 0 Å². The first kappa shape index (κ1) is 12.4. The highest BCUT2D eigenvalue weighted by atomic mass is 16.2. The summed E-state index contributed by atoms with van der Waals surface area (Å²) in [6, 6.07) is 1.03. The number of hydrogen-bond donors (Lipinski definition) is 2. The first-order chi connectivity index (χ1) is 8.75. The summed E-state index contributed by atoms with van der Waals surface area (Å²) in [5.74, 6) is 0.300. The van der Waals surface area contributed by atoms with Gasteiger partial charge in [0.15, 0.2) is 0 Å². The zero-order valence-corrected chi connectivity index (χ0v) is 11.4. The van der Waals surface area contributed by atoms with Crippen LogP contribution in [0.4, 0.5) is 0 Å². The molecule has 3 heterocycles. The molecule has 0 aliphatic carbocycles. The van der Waals surface area contributed by atoms with E-state index >= 15 is 0 Å². The van der Waals surface area contributed by atoms with E-state index in [9.17, 15) is 4.79 Å².